The van der Waals surface area contributed by atoms with Gasteiger partial charge in [-0.2, -0.15) is 0 Å². The van der Waals surface area contributed by atoms with Crippen molar-refractivity contribution < 1.29 is 4.74 Å². The van der Waals surface area contributed by atoms with Gasteiger partial charge in [-0.3, -0.25) is 0 Å². The topological polar surface area (TPSA) is 35.0 Å². The highest BCUT2D eigenvalue weighted by Crippen LogP contribution is 2.32. The van der Waals surface area contributed by atoms with Crippen LogP contribution in [0.1, 0.15) is 44.5 Å². The predicted octanol–water partition coefficient (Wildman–Crippen LogP) is 3.95. The molecule has 1 aromatic heterocycles. The third-order valence-electron chi connectivity index (χ3n) is 3.65. The van der Waals surface area contributed by atoms with Gasteiger partial charge >= 0.3 is 0 Å². The Morgan fingerprint density at radius 1 is 1.00 bits per heavy atom. The van der Waals surface area contributed by atoms with Crippen LogP contribution in [0.3, 0.4) is 0 Å². The van der Waals surface area contributed by atoms with Crippen molar-refractivity contribution in [2.75, 3.05) is 0 Å². The lowest BCUT2D eigenvalue weighted by Crippen LogP contribution is -2.29. The van der Waals surface area contributed by atoms with Crippen molar-refractivity contribution in [2.24, 2.45) is 11.8 Å². The van der Waals surface area contributed by atoms with Crippen molar-refractivity contribution in [3.05, 3.63) is 16.5 Å². The lowest BCUT2D eigenvalue weighted by Gasteiger charge is -2.31. The molecule has 0 N–H and O–H groups in total. The van der Waals surface area contributed by atoms with E-state index in [0.29, 0.717) is 22.9 Å². The van der Waals surface area contributed by atoms with Gasteiger partial charge in [-0.05, 0) is 44.9 Å². The van der Waals surface area contributed by atoms with Gasteiger partial charge in [0.15, 0.2) is 5.15 Å². The summed E-state index contributed by atoms with van der Waals surface area (Å²) in [5.41, 5.74) is 1.74. The normalized spacial score (nSPS) is 28.2. The van der Waals surface area contributed by atoms with E-state index in [9.17, 15) is 0 Å². The molecule has 2 atom stereocenters. The highest BCUT2D eigenvalue weighted by Gasteiger charge is 2.26. The number of hydrogen-bond acceptors (Lipinski definition) is 3. The molecule has 100 valence electrons. The number of halogens is 1. The van der Waals surface area contributed by atoms with Gasteiger partial charge in [-0.25, -0.2) is 9.97 Å². The molecule has 0 amide bonds. The van der Waals surface area contributed by atoms with E-state index in [1.54, 1.807) is 0 Å². The molecule has 1 saturated carbocycles. The molecule has 0 saturated heterocycles. The Balaban J connectivity index is 2.11. The number of rotatable bonds is 2. The predicted molar refractivity (Wildman–Crippen MR) is 73.1 cm³/mol. The third-order valence-corrected chi connectivity index (χ3v) is 3.89. The molecule has 0 bridgehead atoms. The van der Waals surface area contributed by atoms with Crippen LogP contribution in [0.2, 0.25) is 5.15 Å². The summed E-state index contributed by atoms with van der Waals surface area (Å²) in [6.45, 7) is 8.39. The standard InChI is InChI=1S/C14H21ClN2O/c1-8-5-9(2)7-12(6-8)18-14-13(15)16-10(3)11(4)17-14/h8-9,12H,5-7H2,1-4H3. The highest BCUT2D eigenvalue weighted by molar-refractivity contribution is 6.30. The maximum Gasteiger partial charge on any atom is 0.252 e. The summed E-state index contributed by atoms with van der Waals surface area (Å²) in [5.74, 6) is 1.90. The minimum atomic E-state index is 0.220. The summed E-state index contributed by atoms with van der Waals surface area (Å²) in [4.78, 5) is 8.65. The first-order chi connectivity index (χ1) is 8.45. The first kappa shape index (κ1) is 13.6. The van der Waals surface area contributed by atoms with Crippen LogP contribution in [-0.2, 0) is 0 Å². The Labute approximate surface area is 114 Å². The molecule has 1 aliphatic carbocycles. The van der Waals surface area contributed by atoms with Crippen LogP contribution >= 0.6 is 11.6 Å². The fourth-order valence-electron chi connectivity index (χ4n) is 2.76. The molecule has 0 radical (unpaired) electrons. The second-order valence-corrected chi connectivity index (χ2v) is 6.01. The molecular weight excluding hydrogens is 248 g/mol. The van der Waals surface area contributed by atoms with Gasteiger partial charge in [0.1, 0.15) is 6.10 Å². The molecular formula is C14H21ClN2O. The van der Waals surface area contributed by atoms with E-state index in [2.05, 4.69) is 23.8 Å². The molecule has 1 aromatic rings. The van der Waals surface area contributed by atoms with Gasteiger partial charge < -0.3 is 4.74 Å². The Morgan fingerprint density at radius 2 is 1.56 bits per heavy atom. The van der Waals surface area contributed by atoms with E-state index in [1.807, 2.05) is 13.8 Å². The van der Waals surface area contributed by atoms with Crippen molar-refractivity contribution in [2.45, 2.75) is 53.1 Å². The van der Waals surface area contributed by atoms with Gasteiger partial charge in [0, 0.05) is 0 Å². The molecule has 2 unspecified atom stereocenters. The van der Waals surface area contributed by atoms with Gasteiger partial charge in [-0.15, -0.1) is 0 Å². The zero-order valence-corrected chi connectivity index (χ0v) is 12.3. The van der Waals surface area contributed by atoms with Crippen LogP contribution < -0.4 is 4.74 Å². The number of aryl methyl sites for hydroxylation is 2. The average molecular weight is 269 g/mol. The summed E-state index contributed by atoms with van der Waals surface area (Å²) in [5, 5.41) is 0.379. The highest BCUT2D eigenvalue weighted by atomic mass is 35.5. The zero-order chi connectivity index (χ0) is 13.3. The fourth-order valence-corrected chi connectivity index (χ4v) is 2.97. The first-order valence-electron chi connectivity index (χ1n) is 6.63. The SMILES string of the molecule is Cc1nc(Cl)c(OC2CC(C)CC(C)C2)nc1C. The van der Waals surface area contributed by atoms with Crippen molar-refractivity contribution in [1.29, 1.82) is 0 Å². The fraction of sp³-hybridized carbons (Fsp3) is 0.714. The number of aromatic nitrogens is 2. The van der Waals surface area contributed by atoms with Crippen LogP contribution in [0.4, 0.5) is 0 Å². The summed E-state index contributed by atoms with van der Waals surface area (Å²) in [6.07, 6.45) is 3.66. The molecule has 1 heterocycles. The van der Waals surface area contributed by atoms with Crippen molar-refractivity contribution in [3.63, 3.8) is 0 Å². The summed E-state index contributed by atoms with van der Waals surface area (Å²) in [7, 11) is 0. The molecule has 2 rings (SSSR count). The number of hydrogen-bond donors (Lipinski definition) is 0. The minimum absolute atomic E-state index is 0.220. The Kier molecular flexibility index (Phi) is 4.10. The van der Waals surface area contributed by atoms with Crippen LogP contribution in [0.25, 0.3) is 0 Å². The maximum absolute atomic E-state index is 6.09. The second-order valence-electron chi connectivity index (χ2n) is 5.65. The summed E-state index contributed by atoms with van der Waals surface area (Å²) >= 11 is 6.09. The van der Waals surface area contributed by atoms with Gasteiger partial charge in [0.2, 0.25) is 0 Å². The lowest BCUT2D eigenvalue weighted by molar-refractivity contribution is 0.0962. The Bertz CT molecular complexity index is 426. The quantitative estimate of drug-likeness (QED) is 0.815. The van der Waals surface area contributed by atoms with E-state index in [0.717, 1.165) is 24.2 Å². The zero-order valence-electron chi connectivity index (χ0n) is 11.5. The molecule has 1 fully saturated rings. The van der Waals surface area contributed by atoms with Gasteiger partial charge in [0.25, 0.3) is 5.88 Å². The van der Waals surface area contributed by atoms with Crippen molar-refractivity contribution in [1.82, 2.24) is 9.97 Å². The smallest absolute Gasteiger partial charge is 0.252 e. The Morgan fingerprint density at radius 3 is 2.17 bits per heavy atom. The van der Waals surface area contributed by atoms with E-state index in [1.165, 1.54) is 6.42 Å². The lowest BCUT2D eigenvalue weighted by atomic mass is 9.82. The monoisotopic (exact) mass is 268 g/mol. The minimum Gasteiger partial charge on any atom is -0.472 e. The van der Waals surface area contributed by atoms with Crippen molar-refractivity contribution >= 4 is 11.6 Å². The number of nitrogens with zero attached hydrogens (tertiary/aromatic N) is 2. The third kappa shape index (κ3) is 3.14. The summed E-state index contributed by atoms with van der Waals surface area (Å²) < 4.78 is 5.96. The molecule has 3 nitrogen and oxygen atoms in total. The first-order valence-corrected chi connectivity index (χ1v) is 7.01. The van der Waals surface area contributed by atoms with Crippen LogP contribution in [0.15, 0.2) is 0 Å². The molecule has 0 aromatic carbocycles. The van der Waals surface area contributed by atoms with E-state index >= 15 is 0 Å². The second kappa shape index (κ2) is 5.43. The maximum atomic E-state index is 6.09. The Hall–Kier alpha value is -0.830. The molecule has 1 aliphatic rings. The molecule has 18 heavy (non-hydrogen) atoms. The largest absolute Gasteiger partial charge is 0.472 e. The molecule has 0 spiro atoms. The van der Waals surface area contributed by atoms with Gasteiger partial charge in [-0.1, -0.05) is 25.4 Å². The van der Waals surface area contributed by atoms with E-state index < -0.39 is 0 Å². The van der Waals surface area contributed by atoms with Crippen LogP contribution in [0.5, 0.6) is 5.88 Å². The van der Waals surface area contributed by atoms with Crippen LogP contribution in [0, 0.1) is 25.7 Å². The molecule has 0 aliphatic heterocycles. The van der Waals surface area contributed by atoms with Gasteiger partial charge in [0.05, 0.1) is 11.4 Å². The summed E-state index contributed by atoms with van der Waals surface area (Å²) in [6, 6.07) is 0. The van der Waals surface area contributed by atoms with E-state index in [4.69, 9.17) is 16.3 Å². The number of ether oxygens (including phenoxy) is 1. The van der Waals surface area contributed by atoms with Crippen LogP contribution in [-0.4, -0.2) is 16.1 Å². The molecule has 4 heteroatoms. The van der Waals surface area contributed by atoms with Crippen molar-refractivity contribution in [3.8, 4) is 5.88 Å². The average Bonchev–Trinajstić information content (AvgIpc) is 2.24. The van der Waals surface area contributed by atoms with E-state index in [-0.39, 0.29) is 6.10 Å².